The summed E-state index contributed by atoms with van der Waals surface area (Å²) < 4.78 is 35.8. The van der Waals surface area contributed by atoms with Crippen LogP contribution in [0, 0.1) is 0 Å². The molecule has 0 aromatic heterocycles. The van der Waals surface area contributed by atoms with Crippen molar-refractivity contribution in [3.05, 3.63) is 77.9 Å². The zero-order valence-corrected chi connectivity index (χ0v) is 22.9. The van der Waals surface area contributed by atoms with Crippen LogP contribution in [-0.4, -0.2) is 51.6 Å². The molecular formula is C29H37N3O4S. The summed E-state index contributed by atoms with van der Waals surface area (Å²) in [6.07, 6.45) is 2.64. The fraction of sp³-hybridized carbons (Fsp3) is 0.379. The van der Waals surface area contributed by atoms with Crippen LogP contribution in [0.3, 0.4) is 0 Å². The van der Waals surface area contributed by atoms with Crippen molar-refractivity contribution in [2.24, 2.45) is 0 Å². The maximum atomic E-state index is 14.4. The number of ether oxygens (including phenoxy) is 1. The van der Waals surface area contributed by atoms with Gasteiger partial charge in [0, 0.05) is 50.2 Å². The van der Waals surface area contributed by atoms with Gasteiger partial charge in [-0.25, -0.2) is 8.42 Å². The summed E-state index contributed by atoms with van der Waals surface area (Å²) >= 11 is 0. The predicted molar refractivity (Wildman–Crippen MR) is 149 cm³/mol. The molecule has 0 saturated carbocycles. The van der Waals surface area contributed by atoms with Gasteiger partial charge in [0.2, 0.25) is 10.0 Å². The van der Waals surface area contributed by atoms with Crippen LogP contribution in [-0.2, 0) is 23.2 Å². The molecule has 7 nitrogen and oxygen atoms in total. The van der Waals surface area contributed by atoms with Gasteiger partial charge in [-0.2, -0.15) is 4.31 Å². The van der Waals surface area contributed by atoms with Crippen LogP contribution >= 0.6 is 0 Å². The molecule has 0 spiro atoms. The van der Waals surface area contributed by atoms with Crippen LogP contribution < -0.4 is 14.5 Å². The molecule has 0 saturated heterocycles. The number of aliphatic hydroxyl groups excluding tert-OH is 1. The maximum absolute atomic E-state index is 14.4. The minimum atomic E-state index is -3.90. The number of benzene rings is 3. The lowest BCUT2D eigenvalue weighted by Gasteiger charge is -2.32. The predicted octanol–water partition coefficient (Wildman–Crippen LogP) is 5.15. The first-order valence-corrected chi connectivity index (χ1v) is 14.2. The van der Waals surface area contributed by atoms with Crippen LogP contribution in [0.25, 0.3) is 0 Å². The summed E-state index contributed by atoms with van der Waals surface area (Å²) in [7, 11) is 1.52. The number of fused-ring (bicyclic) bond motifs is 1. The lowest BCUT2D eigenvalue weighted by Crippen LogP contribution is -2.43. The molecule has 0 unspecified atom stereocenters. The van der Waals surface area contributed by atoms with E-state index in [0.717, 1.165) is 42.0 Å². The summed E-state index contributed by atoms with van der Waals surface area (Å²) in [5, 5.41) is 10.2. The van der Waals surface area contributed by atoms with Crippen LogP contribution in [0.5, 0.6) is 5.75 Å². The molecule has 0 fully saturated rings. The van der Waals surface area contributed by atoms with Gasteiger partial charge >= 0.3 is 0 Å². The molecule has 37 heavy (non-hydrogen) atoms. The number of methoxy groups -OCH3 is 1. The number of unbranched alkanes of at least 4 members (excludes halogenated alkanes) is 1. The average Bonchev–Trinajstić information content (AvgIpc) is 3.00. The van der Waals surface area contributed by atoms with E-state index < -0.39 is 10.0 Å². The Bertz CT molecular complexity index is 1290. The lowest BCUT2D eigenvalue weighted by atomic mass is 10.1. The van der Waals surface area contributed by atoms with Gasteiger partial charge in [0.25, 0.3) is 0 Å². The highest BCUT2D eigenvalue weighted by Crippen LogP contribution is 2.42. The smallest absolute Gasteiger partial charge is 0.245 e. The molecule has 0 aliphatic carbocycles. The van der Waals surface area contributed by atoms with Crippen LogP contribution in [0.2, 0.25) is 0 Å². The first kappa shape index (κ1) is 27.0. The SMILES string of the molecule is CCCC[C@@H]1CN(c2ccccc2)c2cc(N(C)C)c(CO)cc2S(=O)(=O)N1Cc1ccc(OC)cc1. The lowest BCUT2D eigenvalue weighted by molar-refractivity contribution is 0.282. The highest BCUT2D eigenvalue weighted by atomic mass is 32.2. The highest BCUT2D eigenvalue weighted by molar-refractivity contribution is 7.89. The molecular weight excluding hydrogens is 486 g/mol. The summed E-state index contributed by atoms with van der Waals surface area (Å²) in [5.74, 6) is 0.731. The Morgan fingerprint density at radius 1 is 1.05 bits per heavy atom. The van der Waals surface area contributed by atoms with E-state index in [1.54, 1.807) is 17.5 Å². The maximum Gasteiger partial charge on any atom is 0.245 e. The fourth-order valence-corrected chi connectivity index (χ4v) is 6.80. The third-order valence-electron chi connectivity index (χ3n) is 6.95. The number of rotatable bonds is 9. The number of para-hydroxylation sites is 1. The molecule has 1 aliphatic rings. The second-order valence-electron chi connectivity index (χ2n) is 9.64. The third-order valence-corrected chi connectivity index (χ3v) is 8.87. The van der Waals surface area contributed by atoms with Crippen molar-refractivity contribution < 1.29 is 18.3 Å². The van der Waals surface area contributed by atoms with Crippen molar-refractivity contribution in [2.45, 2.75) is 50.3 Å². The van der Waals surface area contributed by atoms with Gasteiger partial charge in [-0.1, -0.05) is 50.1 Å². The van der Waals surface area contributed by atoms with Crippen LogP contribution in [0.15, 0.2) is 71.6 Å². The van der Waals surface area contributed by atoms with E-state index >= 15 is 0 Å². The highest BCUT2D eigenvalue weighted by Gasteiger charge is 2.39. The second-order valence-corrected chi connectivity index (χ2v) is 11.5. The van der Waals surface area contributed by atoms with Crippen molar-refractivity contribution in [1.82, 2.24) is 4.31 Å². The summed E-state index contributed by atoms with van der Waals surface area (Å²) in [5.41, 5.74) is 3.84. The molecule has 8 heteroatoms. The van der Waals surface area contributed by atoms with E-state index in [-0.39, 0.29) is 24.1 Å². The monoisotopic (exact) mass is 523 g/mol. The Morgan fingerprint density at radius 2 is 1.76 bits per heavy atom. The zero-order valence-electron chi connectivity index (χ0n) is 22.1. The first-order chi connectivity index (χ1) is 17.8. The summed E-state index contributed by atoms with van der Waals surface area (Å²) in [6.45, 7) is 2.66. The van der Waals surface area contributed by atoms with Crippen molar-refractivity contribution >= 4 is 27.1 Å². The standard InChI is InChI=1S/C29H37N3O4S/c1-5-6-10-25-20-31(24-11-8-7-9-12-24)28-18-27(30(2)3)23(21-33)17-29(28)37(34,35)32(25)19-22-13-15-26(36-4)16-14-22/h7-9,11-18,25,33H,5-6,10,19-21H2,1-4H3/t25-/m1/s1. The van der Waals surface area contributed by atoms with E-state index in [1.807, 2.05) is 79.7 Å². The molecule has 0 radical (unpaired) electrons. The Labute approximate surface area is 221 Å². The average molecular weight is 524 g/mol. The van der Waals surface area contributed by atoms with Gasteiger partial charge in [-0.15, -0.1) is 0 Å². The molecule has 3 aromatic carbocycles. The Balaban J connectivity index is 1.92. The van der Waals surface area contributed by atoms with Crippen molar-refractivity contribution in [3.8, 4) is 5.75 Å². The van der Waals surface area contributed by atoms with Gasteiger partial charge in [-0.05, 0) is 48.4 Å². The van der Waals surface area contributed by atoms with Crippen molar-refractivity contribution in [1.29, 1.82) is 0 Å². The normalized spacial score (nSPS) is 17.2. The molecule has 4 rings (SSSR count). The van der Waals surface area contributed by atoms with Crippen LogP contribution in [0.4, 0.5) is 17.1 Å². The van der Waals surface area contributed by atoms with Crippen molar-refractivity contribution in [3.63, 3.8) is 0 Å². The molecule has 198 valence electrons. The summed E-state index contributed by atoms with van der Waals surface area (Å²) in [4.78, 5) is 4.25. The molecule has 3 aromatic rings. The van der Waals surface area contributed by atoms with E-state index in [2.05, 4.69) is 11.8 Å². The summed E-state index contributed by atoms with van der Waals surface area (Å²) in [6, 6.07) is 20.8. The van der Waals surface area contributed by atoms with Gasteiger partial charge in [-0.3, -0.25) is 0 Å². The minimum absolute atomic E-state index is 0.221. The number of aliphatic hydroxyl groups is 1. The van der Waals surface area contributed by atoms with Gasteiger partial charge in [0.05, 0.1) is 19.4 Å². The fourth-order valence-electron chi connectivity index (χ4n) is 4.94. The minimum Gasteiger partial charge on any atom is -0.497 e. The largest absolute Gasteiger partial charge is 0.497 e. The van der Waals surface area contributed by atoms with Gasteiger partial charge in [0.1, 0.15) is 10.6 Å². The van der Waals surface area contributed by atoms with Crippen molar-refractivity contribution in [2.75, 3.05) is 37.5 Å². The van der Waals surface area contributed by atoms with Gasteiger partial charge in [0.15, 0.2) is 0 Å². The topological polar surface area (TPSA) is 73.3 Å². The Kier molecular flexibility index (Phi) is 8.42. The first-order valence-electron chi connectivity index (χ1n) is 12.7. The number of hydrogen-bond acceptors (Lipinski definition) is 6. The second kappa shape index (κ2) is 11.5. The Morgan fingerprint density at radius 3 is 2.35 bits per heavy atom. The number of sulfonamides is 1. The van der Waals surface area contributed by atoms with E-state index in [0.29, 0.717) is 17.8 Å². The van der Waals surface area contributed by atoms with E-state index in [1.165, 1.54) is 0 Å². The molecule has 1 aliphatic heterocycles. The van der Waals surface area contributed by atoms with Crippen LogP contribution in [0.1, 0.15) is 37.3 Å². The molecule has 1 atom stereocenters. The number of anilines is 3. The Hall–Kier alpha value is -3.07. The van der Waals surface area contributed by atoms with Gasteiger partial charge < -0.3 is 19.6 Å². The quantitative estimate of drug-likeness (QED) is 0.418. The molecule has 0 amide bonds. The molecule has 1 N–H and O–H groups in total. The van der Waals surface area contributed by atoms with E-state index in [4.69, 9.17) is 4.74 Å². The molecule has 1 heterocycles. The number of hydrogen-bond donors (Lipinski definition) is 1. The van der Waals surface area contributed by atoms with E-state index in [9.17, 15) is 13.5 Å². The number of nitrogens with zero attached hydrogens (tertiary/aromatic N) is 3. The molecule has 0 bridgehead atoms. The zero-order chi connectivity index (χ0) is 26.6. The third kappa shape index (κ3) is 5.61.